The van der Waals surface area contributed by atoms with Crippen LogP contribution >= 0.6 is 0 Å². The van der Waals surface area contributed by atoms with Gasteiger partial charge in [-0.1, -0.05) is 19.8 Å². The Labute approximate surface area is 116 Å². The third-order valence-electron chi connectivity index (χ3n) is 2.61. The lowest BCUT2D eigenvalue weighted by Gasteiger charge is -2.13. The van der Waals surface area contributed by atoms with E-state index in [1.807, 2.05) is 25.1 Å². The number of methoxy groups -OCH3 is 1. The molecule has 0 heterocycles. The maximum absolute atomic E-state index is 5.67. The molecule has 0 saturated heterocycles. The summed E-state index contributed by atoms with van der Waals surface area (Å²) in [6, 6.07) is 5.84. The molecule has 0 fully saturated rings. The highest BCUT2D eigenvalue weighted by atomic mass is 16.5. The van der Waals surface area contributed by atoms with Crippen molar-refractivity contribution in [2.75, 3.05) is 20.3 Å². The molecule has 19 heavy (non-hydrogen) atoms. The van der Waals surface area contributed by atoms with Crippen LogP contribution in [0.1, 0.15) is 26.3 Å². The lowest BCUT2D eigenvalue weighted by Crippen LogP contribution is -2.19. The first kappa shape index (κ1) is 15.4. The Morgan fingerprint density at radius 3 is 2.74 bits per heavy atom. The van der Waals surface area contributed by atoms with Gasteiger partial charge in [-0.25, -0.2) is 0 Å². The molecule has 3 nitrogen and oxygen atoms in total. The second kappa shape index (κ2) is 8.44. The topological polar surface area (TPSA) is 30.5 Å². The summed E-state index contributed by atoms with van der Waals surface area (Å²) >= 11 is 0. The third-order valence-corrected chi connectivity index (χ3v) is 2.61. The summed E-state index contributed by atoms with van der Waals surface area (Å²) < 4.78 is 10.9. The van der Waals surface area contributed by atoms with Crippen molar-refractivity contribution in [3.8, 4) is 23.3 Å². The molecule has 1 aromatic carbocycles. The zero-order valence-electron chi connectivity index (χ0n) is 12.2. The molecule has 0 aliphatic carbocycles. The predicted octanol–water partition coefficient (Wildman–Crippen LogP) is 2.84. The van der Waals surface area contributed by atoms with Crippen molar-refractivity contribution < 1.29 is 9.47 Å². The fourth-order valence-corrected chi connectivity index (χ4v) is 1.64. The molecule has 0 amide bonds. The molecular formula is C16H23NO2. The monoisotopic (exact) mass is 261 g/mol. The number of rotatable bonds is 7. The zero-order chi connectivity index (χ0) is 14.1. The van der Waals surface area contributed by atoms with E-state index in [0.29, 0.717) is 12.5 Å². The van der Waals surface area contributed by atoms with Crippen molar-refractivity contribution in [3.05, 3.63) is 23.8 Å². The van der Waals surface area contributed by atoms with E-state index < -0.39 is 0 Å². The minimum absolute atomic E-state index is 0.417. The van der Waals surface area contributed by atoms with Crippen LogP contribution in [0.15, 0.2) is 18.2 Å². The fourth-order valence-electron chi connectivity index (χ4n) is 1.64. The van der Waals surface area contributed by atoms with Gasteiger partial charge in [0.2, 0.25) is 0 Å². The largest absolute Gasteiger partial charge is 0.497 e. The maximum atomic E-state index is 5.67. The molecule has 0 unspecified atom stereocenters. The second-order valence-electron chi connectivity index (χ2n) is 4.71. The van der Waals surface area contributed by atoms with Crippen LogP contribution in [0.2, 0.25) is 0 Å². The smallest absolute Gasteiger partial charge is 0.149 e. The van der Waals surface area contributed by atoms with E-state index in [9.17, 15) is 0 Å². The van der Waals surface area contributed by atoms with Crippen LogP contribution in [0.5, 0.6) is 11.5 Å². The van der Waals surface area contributed by atoms with Crippen LogP contribution in [0.3, 0.4) is 0 Å². The van der Waals surface area contributed by atoms with Gasteiger partial charge in [0.05, 0.1) is 7.11 Å². The molecule has 1 rings (SSSR count). The Kier molecular flexibility index (Phi) is 6.84. The number of benzene rings is 1. The average molecular weight is 261 g/mol. The van der Waals surface area contributed by atoms with Crippen LogP contribution in [-0.4, -0.2) is 20.3 Å². The Bertz CT molecular complexity index is 444. The molecule has 1 aromatic rings. The van der Waals surface area contributed by atoms with Crippen molar-refractivity contribution in [3.63, 3.8) is 0 Å². The first-order valence-electron chi connectivity index (χ1n) is 6.57. The minimum Gasteiger partial charge on any atom is -0.497 e. The minimum atomic E-state index is 0.417. The summed E-state index contributed by atoms with van der Waals surface area (Å²) in [7, 11) is 1.67. The Hall–Kier alpha value is -1.66. The van der Waals surface area contributed by atoms with E-state index in [2.05, 4.69) is 31.0 Å². The molecule has 3 heteroatoms. The lowest BCUT2D eigenvalue weighted by atomic mass is 10.1. The van der Waals surface area contributed by atoms with E-state index in [-0.39, 0.29) is 0 Å². The number of nitrogens with one attached hydrogen (secondary N) is 1. The molecule has 0 spiro atoms. The highest BCUT2D eigenvalue weighted by Crippen LogP contribution is 2.24. The van der Waals surface area contributed by atoms with Gasteiger partial charge in [0.15, 0.2) is 0 Å². The lowest BCUT2D eigenvalue weighted by molar-refractivity contribution is 0.361. The van der Waals surface area contributed by atoms with E-state index in [4.69, 9.17) is 9.47 Å². The summed E-state index contributed by atoms with van der Waals surface area (Å²) in [4.78, 5) is 0. The van der Waals surface area contributed by atoms with Crippen molar-refractivity contribution >= 4 is 0 Å². The summed E-state index contributed by atoms with van der Waals surface area (Å²) in [6.45, 7) is 8.35. The molecule has 1 N–H and O–H groups in total. The van der Waals surface area contributed by atoms with Gasteiger partial charge < -0.3 is 14.8 Å². The quantitative estimate of drug-likeness (QED) is 0.766. The molecule has 0 saturated carbocycles. The number of hydrogen-bond donors (Lipinski definition) is 1. The van der Waals surface area contributed by atoms with Gasteiger partial charge in [-0.05, 0) is 37.6 Å². The standard InChI is InChI=1S/C16H23NO2/c1-5-6-9-19-16-8-7-15(18-4)10-14(16)12-17-11-13(2)3/h7-8,10,13,17H,9,11-12H2,1-4H3. The molecule has 0 radical (unpaired) electrons. The number of hydrogen-bond acceptors (Lipinski definition) is 3. The molecule has 0 aromatic heterocycles. The third kappa shape index (κ3) is 5.67. The van der Waals surface area contributed by atoms with Crippen LogP contribution in [-0.2, 0) is 6.54 Å². The van der Waals surface area contributed by atoms with E-state index in [1.54, 1.807) is 7.11 Å². The van der Waals surface area contributed by atoms with Crippen molar-refractivity contribution in [1.82, 2.24) is 5.32 Å². The van der Waals surface area contributed by atoms with Gasteiger partial charge in [0.1, 0.15) is 18.1 Å². The Morgan fingerprint density at radius 1 is 1.32 bits per heavy atom. The second-order valence-corrected chi connectivity index (χ2v) is 4.71. The predicted molar refractivity (Wildman–Crippen MR) is 78.5 cm³/mol. The molecular weight excluding hydrogens is 238 g/mol. The van der Waals surface area contributed by atoms with Gasteiger partial charge in [0.25, 0.3) is 0 Å². The zero-order valence-corrected chi connectivity index (χ0v) is 12.2. The van der Waals surface area contributed by atoms with Crippen molar-refractivity contribution in [1.29, 1.82) is 0 Å². The molecule has 0 bridgehead atoms. The van der Waals surface area contributed by atoms with Gasteiger partial charge in [-0.3, -0.25) is 0 Å². The highest BCUT2D eigenvalue weighted by molar-refractivity contribution is 5.40. The van der Waals surface area contributed by atoms with Gasteiger partial charge in [-0.15, -0.1) is 5.92 Å². The molecule has 0 aliphatic rings. The highest BCUT2D eigenvalue weighted by Gasteiger charge is 2.06. The summed E-state index contributed by atoms with van der Waals surface area (Å²) in [5.74, 6) is 8.06. The Morgan fingerprint density at radius 2 is 2.11 bits per heavy atom. The van der Waals surface area contributed by atoms with Crippen LogP contribution in [0.4, 0.5) is 0 Å². The SMILES string of the molecule is CC#CCOc1ccc(OC)cc1CNCC(C)C. The van der Waals surface area contributed by atoms with Gasteiger partial charge >= 0.3 is 0 Å². The molecule has 104 valence electrons. The van der Waals surface area contributed by atoms with E-state index >= 15 is 0 Å². The average Bonchev–Trinajstić information content (AvgIpc) is 2.40. The van der Waals surface area contributed by atoms with Crippen LogP contribution < -0.4 is 14.8 Å². The van der Waals surface area contributed by atoms with Crippen molar-refractivity contribution in [2.24, 2.45) is 5.92 Å². The van der Waals surface area contributed by atoms with E-state index in [1.165, 1.54) is 0 Å². The van der Waals surface area contributed by atoms with Crippen LogP contribution in [0.25, 0.3) is 0 Å². The summed E-state index contributed by atoms with van der Waals surface area (Å²) in [5.41, 5.74) is 1.10. The van der Waals surface area contributed by atoms with Crippen LogP contribution in [0, 0.1) is 17.8 Å². The summed E-state index contributed by atoms with van der Waals surface area (Å²) in [6.07, 6.45) is 0. The van der Waals surface area contributed by atoms with Gasteiger partial charge in [-0.2, -0.15) is 0 Å². The maximum Gasteiger partial charge on any atom is 0.149 e. The van der Waals surface area contributed by atoms with Crippen molar-refractivity contribution in [2.45, 2.75) is 27.3 Å². The van der Waals surface area contributed by atoms with Gasteiger partial charge in [0, 0.05) is 12.1 Å². The first-order chi connectivity index (χ1) is 9.17. The summed E-state index contributed by atoms with van der Waals surface area (Å²) in [5, 5.41) is 3.41. The molecule has 0 atom stereocenters. The molecule has 0 aliphatic heterocycles. The number of ether oxygens (including phenoxy) is 2. The first-order valence-corrected chi connectivity index (χ1v) is 6.57. The fraction of sp³-hybridized carbons (Fsp3) is 0.500. The van der Waals surface area contributed by atoms with E-state index in [0.717, 1.165) is 30.2 Å². The normalized spacial score (nSPS) is 9.95. The Balaban J connectivity index is 2.72.